The van der Waals surface area contributed by atoms with Crippen molar-refractivity contribution in [1.29, 1.82) is 0 Å². The SMILES string of the molecule is Cc1cc([N+](=O)[O-])ccc1OCCCN. The van der Waals surface area contributed by atoms with Crippen molar-refractivity contribution in [2.24, 2.45) is 5.73 Å². The summed E-state index contributed by atoms with van der Waals surface area (Å²) in [5, 5.41) is 10.5. The molecule has 1 aromatic carbocycles. The van der Waals surface area contributed by atoms with Crippen LogP contribution in [0, 0.1) is 17.0 Å². The monoisotopic (exact) mass is 210 g/mol. The van der Waals surface area contributed by atoms with Gasteiger partial charge in [0.15, 0.2) is 0 Å². The van der Waals surface area contributed by atoms with E-state index in [2.05, 4.69) is 0 Å². The molecule has 0 saturated carbocycles. The molecule has 0 radical (unpaired) electrons. The second-order valence-corrected chi connectivity index (χ2v) is 3.20. The second-order valence-electron chi connectivity index (χ2n) is 3.20. The van der Waals surface area contributed by atoms with Gasteiger partial charge < -0.3 is 10.5 Å². The number of nitro groups is 1. The van der Waals surface area contributed by atoms with E-state index in [-0.39, 0.29) is 5.69 Å². The Labute approximate surface area is 88.0 Å². The molecule has 0 spiro atoms. The van der Waals surface area contributed by atoms with Crippen LogP contribution in [0.4, 0.5) is 5.69 Å². The number of rotatable bonds is 5. The van der Waals surface area contributed by atoms with E-state index in [0.717, 1.165) is 12.0 Å². The largest absolute Gasteiger partial charge is 0.493 e. The predicted molar refractivity (Wildman–Crippen MR) is 57.0 cm³/mol. The normalized spacial score (nSPS) is 10.0. The molecule has 0 unspecified atom stereocenters. The van der Waals surface area contributed by atoms with Gasteiger partial charge in [-0.05, 0) is 31.5 Å². The van der Waals surface area contributed by atoms with Gasteiger partial charge >= 0.3 is 0 Å². The summed E-state index contributed by atoms with van der Waals surface area (Å²) in [6.45, 7) is 2.89. The van der Waals surface area contributed by atoms with E-state index in [1.807, 2.05) is 0 Å². The lowest BCUT2D eigenvalue weighted by Gasteiger charge is -2.07. The smallest absolute Gasteiger partial charge is 0.269 e. The molecule has 2 N–H and O–H groups in total. The van der Waals surface area contributed by atoms with Crippen LogP contribution in [0.1, 0.15) is 12.0 Å². The van der Waals surface area contributed by atoms with Crippen molar-refractivity contribution in [3.8, 4) is 5.75 Å². The fourth-order valence-corrected chi connectivity index (χ4v) is 1.17. The molecule has 0 aromatic heterocycles. The summed E-state index contributed by atoms with van der Waals surface area (Å²) in [5.74, 6) is 0.675. The van der Waals surface area contributed by atoms with Gasteiger partial charge in [-0.15, -0.1) is 0 Å². The molecule has 0 amide bonds. The number of ether oxygens (including phenoxy) is 1. The fraction of sp³-hybridized carbons (Fsp3) is 0.400. The first-order chi connectivity index (χ1) is 7.15. The summed E-state index contributed by atoms with van der Waals surface area (Å²) in [6, 6.07) is 4.55. The lowest BCUT2D eigenvalue weighted by Crippen LogP contribution is -2.06. The minimum atomic E-state index is -0.420. The van der Waals surface area contributed by atoms with Crippen molar-refractivity contribution in [1.82, 2.24) is 0 Å². The van der Waals surface area contributed by atoms with Crippen molar-refractivity contribution >= 4 is 5.69 Å². The Bertz CT molecular complexity index is 353. The molecule has 15 heavy (non-hydrogen) atoms. The molecular formula is C10H14N2O3. The Morgan fingerprint density at radius 1 is 1.53 bits per heavy atom. The Balaban J connectivity index is 2.70. The van der Waals surface area contributed by atoms with Gasteiger partial charge in [-0.2, -0.15) is 0 Å². The van der Waals surface area contributed by atoms with Crippen LogP contribution in [0.3, 0.4) is 0 Å². The van der Waals surface area contributed by atoms with Gasteiger partial charge in [0.25, 0.3) is 5.69 Å². The van der Waals surface area contributed by atoms with Gasteiger partial charge in [0.2, 0.25) is 0 Å². The highest BCUT2D eigenvalue weighted by Crippen LogP contribution is 2.23. The molecule has 0 bridgehead atoms. The molecule has 1 aromatic rings. The first-order valence-electron chi connectivity index (χ1n) is 4.73. The summed E-state index contributed by atoms with van der Waals surface area (Å²) in [6.07, 6.45) is 0.774. The molecule has 82 valence electrons. The summed E-state index contributed by atoms with van der Waals surface area (Å²) in [5.41, 5.74) is 6.17. The van der Waals surface area contributed by atoms with Crippen molar-refractivity contribution < 1.29 is 9.66 Å². The van der Waals surface area contributed by atoms with Crippen LogP contribution in [-0.2, 0) is 0 Å². The van der Waals surface area contributed by atoms with E-state index in [0.29, 0.717) is 18.9 Å². The fourth-order valence-electron chi connectivity index (χ4n) is 1.17. The number of non-ortho nitro benzene ring substituents is 1. The van der Waals surface area contributed by atoms with E-state index in [1.54, 1.807) is 13.0 Å². The highest BCUT2D eigenvalue weighted by atomic mass is 16.6. The maximum absolute atomic E-state index is 10.5. The summed E-state index contributed by atoms with van der Waals surface area (Å²) in [7, 11) is 0. The number of nitro benzene ring substituents is 1. The molecule has 0 atom stereocenters. The van der Waals surface area contributed by atoms with E-state index < -0.39 is 4.92 Å². The number of aryl methyl sites for hydroxylation is 1. The molecule has 0 aliphatic heterocycles. The average Bonchev–Trinajstić information content (AvgIpc) is 2.20. The molecule has 5 nitrogen and oxygen atoms in total. The van der Waals surface area contributed by atoms with Crippen LogP contribution in [0.2, 0.25) is 0 Å². The predicted octanol–water partition coefficient (Wildman–Crippen LogP) is 1.63. The number of nitrogens with two attached hydrogens (primary N) is 1. The Kier molecular flexibility index (Phi) is 4.05. The first-order valence-corrected chi connectivity index (χ1v) is 4.73. The standard InChI is InChI=1S/C10H14N2O3/c1-8-7-9(12(13)14)3-4-10(8)15-6-2-5-11/h3-4,7H,2,5-6,11H2,1H3. The summed E-state index contributed by atoms with van der Waals surface area (Å²) >= 11 is 0. The first kappa shape index (κ1) is 11.5. The highest BCUT2D eigenvalue weighted by molar-refractivity contribution is 5.42. The number of benzene rings is 1. The van der Waals surface area contributed by atoms with Gasteiger partial charge in [-0.3, -0.25) is 10.1 Å². The minimum absolute atomic E-state index is 0.0821. The van der Waals surface area contributed by atoms with Gasteiger partial charge in [-0.1, -0.05) is 0 Å². The zero-order valence-electron chi connectivity index (χ0n) is 8.60. The molecule has 5 heteroatoms. The molecule has 0 heterocycles. The second kappa shape index (κ2) is 5.31. The third kappa shape index (κ3) is 3.21. The Morgan fingerprint density at radius 3 is 2.80 bits per heavy atom. The summed E-state index contributed by atoms with van der Waals surface area (Å²) < 4.78 is 5.41. The average molecular weight is 210 g/mol. The highest BCUT2D eigenvalue weighted by Gasteiger charge is 2.08. The topological polar surface area (TPSA) is 78.4 Å². The van der Waals surface area contributed by atoms with Gasteiger partial charge in [0, 0.05) is 12.1 Å². The van der Waals surface area contributed by atoms with E-state index in [9.17, 15) is 10.1 Å². The maximum atomic E-state index is 10.5. The zero-order chi connectivity index (χ0) is 11.3. The van der Waals surface area contributed by atoms with Crippen LogP contribution < -0.4 is 10.5 Å². The Morgan fingerprint density at radius 2 is 2.27 bits per heavy atom. The van der Waals surface area contributed by atoms with Crippen LogP contribution in [-0.4, -0.2) is 18.1 Å². The summed E-state index contributed by atoms with van der Waals surface area (Å²) in [4.78, 5) is 10.1. The van der Waals surface area contributed by atoms with Gasteiger partial charge in [-0.25, -0.2) is 0 Å². The van der Waals surface area contributed by atoms with Crippen molar-refractivity contribution in [3.05, 3.63) is 33.9 Å². The zero-order valence-corrected chi connectivity index (χ0v) is 8.60. The molecule has 1 rings (SSSR count). The molecule has 0 aliphatic rings. The van der Waals surface area contributed by atoms with E-state index in [4.69, 9.17) is 10.5 Å². The van der Waals surface area contributed by atoms with Gasteiger partial charge in [0.1, 0.15) is 5.75 Å². The molecule has 0 fully saturated rings. The van der Waals surface area contributed by atoms with Crippen LogP contribution >= 0.6 is 0 Å². The van der Waals surface area contributed by atoms with Gasteiger partial charge in [0.05, 0.1) is 11.5 Å². The minimum Gasteiger partial charge on any atom is -0.493 e. The number of hydrogen-bond donors (Lipinski definition) is 1. The van der Waals surface area contributed by atoms with Crippen molar-refractivity contribution in [3.63, 3.8) is 0 Å². The number of nitrogens with zero attached hydrogens (tertiary/aromatic N) is 1. The third-order valence-electron chi connectivity index (χ3n) is 1.98. The maximum Gasteiger partial charge on any atom is 0.269 e. The van der Waals surface area contributed by atoms with Crippen LogP contribution in [0.15, 0.2) is 18.2 Å². The Hall–Kier alpha value is -1.62. The van der Waals surface area contributed by atoms with Crippen molar-refractivity contribution in [2.75, 3.05) is 13.2 Å². The molecular weight excluding hydrogens is 196 g/mol. The molecule has 0 saturated heterocycles. The lowest BCUT2D eigenvalue weighted by molar-refractivity contribution is -0.384. The third-order valence-corrected chi connectivity index (χ3v) is 1.98. The van der Waals surface area contributed by atoms with Crippen LogP contribution in [0.25, 0.3) is 0 Å². The van der Waals surface area contributed by atoms with E-state index >= 15 is 0 Å². The quantitative estimate of drug-likeness (QED) is 0.455. The van der Waals surface area contributed by atoms with E-state index in [1.165, 1.54) is 12.1 Å². The molecule has 0 aliphatic carbocycles. The van der Waals surface area contributed by atoms with Crippen molar-refractivity contribution in [2.45, 2.75) is 13.3 Å². The van der Waals surface area contributed by atoms with Crippen LogP contribution in [0.5, 0.6) is 5.75 Å². The lowest BCUT2D eigenvalue weighted by atomic mass is 10.2. The number of hydrogen-bond acceptors (Lipinski definition) is 4.